The molecule has 0 amide bonds. The van der Waals surface area contributed by atoms with E-state index in [1.807, 2.05) is 12.1 Å². The molecule has 1 heterocycles. The molecule has 2 aromatic rings. The smallest absolute Gasteiger partial charge is 0.194 e. The van der Waals surface area contributed by atoms with Gasteiger partial charge in [0.25, 0.3) is 0 Å². The Kier molecular flexibility index (Phi) is 4.71. The van der Waals surface area contributed by atoms with Gasteiger partial charge < -0.3 is 15.3 Å². The Morgan fingerprint density at radius 2 is 1.59 bits per heavy atom. The van der Waals surface area contributed by atoms with Crippen LogP contribution in [-0.2, 0) is 0 Å². The van der Waals surface area contributed by atoms with Crippen LogP contribution in [0.2, 0.25) is 0 Å². The summed E-state index contributed by atoms with van der Waals surface area (Å²) in [7, 11) is 0. The molecule has 1 aliphatic rings. The Balaban J connectivity index is 1.87. The number of aliphatic imine (C=N–C) groups is 1. The van der Waals surface area contributed by atoms with Crippen LogP contribution in [0.15, 0.2) is 65.7 Å². The molecule has 4 nitrogen and oxygen atoms in total. The number of β-amino-alcohol motifs (C(OH)–C–C–N with tert-alkyl or cyclic N) is 1. The van der Waals surface area contributed by atoms with Crippen molar-refractivity contribution < 1.29 is 5.11 Å². The van der Waals surface area contributed by atoms with Gasteiger partial charge in [0.15, 0.2) is 5.96 Å². The summed E-state index contributed by atoms with van der Waals surface area (Å²) in [5.41, 5.74) is 2.40. The zero-order valence-corrected chi connectivity index (χ0v) is 12.5. The topological polar surface area (TPSA) is 47.9 Å². The normalized spacial score (nSPS) is 14.3. The van der Waals surface area contributed by atoms with E-state index in [2.05, 4.69) is 63.7 Å². The highest BCUT2D eigenvalue weighted by atomic mass is 16.3. The number of hydrogen-bond acceptors (Lipinski definition) is 4. The highest BCUT2D eigenvalue weighted by Gasteiger charge is 2.21. The van der Waals surface area contributed by atoms with Crippen molar-refractivity contribution >= 4 is 5.96 Å². The van der Waals surface area contributed by atoms with Gasteiger partial charge in [-0.1, -0.05) is 60.7 Å². The first kappa shape index (κ1) is 14.6. The van der Waals surface area contributed by atoms with Crippen molar-refractivity contribution in [3.8, 4) is 0 Å². The van der Waals surface area contributed by atoms with Gasteiger partial charge in [-0.05, 0) is 11.1 Å². The van der Waals surface area contributed by atoms with Crippen molar-refractivity contribution in [1.29, 1.82) is 0 Å². The molecule has 2 aromatic carbocycles. The van der Waals surface area contributed by atoms with Gasteiger partial charge >= 0.3 is 0 Å². The summed E-state index contributed by atoms with van der Waals surface area (Å²) >= 11 is 0. The average Bonchev–Trinajstić information content (AvgIpc) is 3.02. The van der Waals surface area contributed by atoms with Crippen molar-refractivity contribution in [2.45, 2.75) is 6.04 Å². The van der Waals surface area contributed by atoms with Crippen LogP contribution >= 0.6 is 0 Å². The number of benzene rings is 2. The summed E-state index contributed by atoms with van der Waals surface area (Å²) in [6.45, 7) is 2.39. The molecule has 114 valence electrons. The van der Waals surface area contributed by atoms with Crippen molar-refractivity contribution in [1.82, 2.24) is 10.2 Å². The lowest BCUT2D eigenvalue weighted by Gasteiger charge is -2.26. The summed E-state index contributed by atoms with van der Waals surface area (Å²) in [4.78, 5) is 6.64. The predicted octanol–water partition coefficient (Wildman–Crippen LogP) is 2.03. The van der Waals surface area contributed by atoms with Crippen LogP contribution in [0.1, 0.15) is 17.2 Å². The fraction of sp³-hybridized carbons (Fsp3) is 0.278. The van der Waals surface area contributed by atoms with Crippen LogP contribution in [-0.4, -0.2) is 42.2 Å². The van der Waals surface area contributed by atoms with Gasteiger partial charge in [-0.2, -0.15) is 0 Å². The third-order valence-electron chi connectivity index (χ3n) is 3.84. The lowest BCUT2D eigenvalue weighted by molar-refractivity contribution is 0.253. The Hall–Kier alpha value is -2.33. The Morgan fingerprint density at radius 1 is 1.00 bits per heavy atom. The van der Waals surface area contributed by atoms with Crippen molar-refractivity contribution in [2.75, 3.05) is 26.2 Å². The third-order valence-corrected chi connectivity index (χ3v) is 3.84. The molecule has 4 heteroatoms. The molecule has 0 unspecified atom stereocenters. The lowest BCUT2D eigenvalue weighted by Crippen LogP contribution is -2.41. The molecule has 3 rings (SSSR count). The van der Waals surface area contributed by atoms with Gasteiger partial charge in [0.05, 0.1) is 19.2 Å². The van der Waals surface area contributed by atoms with Crippen LogP contribution in [0, 0.1) is 0 Å². The number of aliphatic hydroxyl groups excluding tert-OH is 1. The summed E-state index contributed by atoms with van der Waals surface area (Å²) < 4.78 is 0. The average molecular weight is 295 g/mol. The van der Waals surface area contributed by atoms with E-state index in [1.54, 1.807) is 0 Å². The molecule has 0 spiro atoms. The Morgan fingerprint density at radius 3 is 2.14 bits per heavy atom. The second-order valence-corrected chi connectivity index (χ2v) is 5.31. The van der Waals surface area contributed by atoms with Crippen molar-refractivity contribution in [3.63, 3.8) is 0 Å². The van der Waals surface area contributed by atoms with Gasteiger partial charge in [-0.25, -0.2) is 0 Å². The van der Waals surface area contributed by atoms with Gasteiger partial charge in [-0.15, -0.1) is 0 Å². The minimum Gasteiger partial charge on any atom is -0.395 e. The molecule has 0 atom stereocenters. The minimum absolute atomic E-state index is 0.0560. The highest BCUT2D eigenvalue weighted by molar-refractivity contribution is 5.82. The minimum atomic E-state index is 0.0560. The number of nitrogens with one attached hydrogen (secondary N) is 1. The molecule has 0 aliphatic carbocycles. The van der Waals surface area contributed by atoms with E-state index in [1.165, 1.54) is 11.1 Å². The fourth-order valence-corrected chi connectivity index (χ4v) is 2.74. The lowest BCUT2D eigenvalue weighted by atomic mass is 9.99. The SMILES string of the molecule is OCCN1CCN=C1NC(c1ccccc1)c1ccccc1. The highest BCUT2D eigenvalue weighted by Crippen LogP contribution is 2.22. The van der Waals surface area contributed by atoms with Crippen LogP contribution in [0.25, 0.3) is 0 Å². The molecule has 0 radical (unpaired) electrons. The van der Waals surface area contributed by atoms with Crippen LogP contribution in [0.5, 0.6) is 0 Å². The van der Waals surface area contributed by atoms with Gasteiger partial charge in [0.2, 0.25) is 0 Å². The molecule has 0 aromatic heterocycles. The molecule has 2 N–H and O–H groups in total. The maximum Gasteiger partial charge on any atom is 0.194 e. The van der Waals surface area contributed by atoms with Gasteiger partial charge in [0.1, 0.15) is 0 Å². The van der Waals surface area contributed by atoms with Crippen LogP contribution in [0.3, 0.4) is 0 Å². The van der Waals surface area contributed by atoms with Crippen LogP contribution in [0.4, 0.5) is 0 Å². The maximum absolute atomic E-state index is 9.19. The molecule has 0 saturated carbocycles. The van der Waals surface area contributed by atoms with Crippen LogP contribution < -0.4 is 5.32 Å². The quantitative estimate of drug-likeness (QED) is 0.887. The van der Waals surface area contributed by atoms with Crippen molar-refractivity contribution in [3.05, 3.63) is 71.8 Å². The van der Waals surface area contributed by atoms with Gasteiger partial charge in [0, 0.05) is 13.1 Å². The van der Waals surface area contributed by atoms with Gasteiger partial charge in [-0.3, -0.25) is 4.99 Å². The first-order valence-electron chi connectivity index (χ1n) is 7.65. The second-order valence-electron chi connectivity index (χ2n) is 5.31. The summed E-state index contributed by atoms with van der Waals surface area (Å²) in [5.74, 6) is 0.867. The first-order valence-corrected chi connectivity index (χ1v) is 7.65. The Bertz CT molecular complexity index is 573. The number of hydrogen-bond donors (Lipinski definition) is 2. The number of nitrogens with zero attached hydrogens (tertiary/aromatic N) is 2. The Labute approximate surface area is 131 Å². The molecule has 22 heavy (non-hydrogen) atoms. The summed E-state index contributed by atoms with van der Waals surface area (Å²) in [6, 6.07) is 20.8. The fourth-order valence-electron chi connectivity index (χ4n) is 2.74. The first-order chi connectivity index (χ1) is 10.9. The molecule has 0 fully saturated rings. The van der Waals surface area contributed by atoms with E-state index in [9.17, 15) is 5.11 Å². The molecule has 0 saturated heterocycles. The maximum atomic E-state index is 9.19. The largest absolute Gasteiger partial charge is 0.395 e. The van der Waals surface area contributed by atoms with E-state index in [0.29, 0.717) is 6.54 Å². The zero-order valence-electron chi connectivity index (χ0n) is 12.5. The van der Waals surface area contributed by atoms with E-state index in [4.69, 9.17) is 0 Å². The third kappa shape index (κ3) is 3.28. The van der Waals surface area contributed by atoms with E-state index in [-0.39, 0.29) is 12.6 Å². The number of aliphatic hydroxyl groups is 1. The monoisotopic (exact) mass is 295 g/mol. The summed E-state index contributed by atoms with van der Waals surface area (Å²) in [6.07, 6.45) is 0. The standard InChI is InChI=1S/C18H21N3O/c22-14-13-21-12-11-19-18(21)20-17(15-7-3-1-4-8-15)16-9-5-2-6-10-16/h1-10,17,22H,11-14H2,(H,19,20). The van der Waals surface area contributed by atoms with E-state index >= 15 is 0 Å². The second kappa shape index (κ2) is 7.09. The molecule has 0 bridgehead atoms. The van der Waals surface area contributed by atoms with E-state index in [0.717, 1.165) is 19.0 Å². The number of rotatable bonds is 5. The van der Waals surface area contributed by atoms with Crippen molar-refractivity contribution in [2.24, 2.45) is 4.99 Å². The predicted molar refractivity (Wildman–Crippen MR) is 88.8 cm³/mol. The molecule has 1 aliphatic heterocycles. The van der Waals surface area contributed by atoms with E-state index < -0.39 is 0 Å². The molecular weight excluding hydrogens is 274 g/mol. The molecular formula is C18H21N3O. The number of guanidine groups is 1. The summed E-state index contributed by atoms with van der Waals surface area (Å²) in [5, 5.41) is 12.7. The zero-order chi connectivity index (χ0) is 15.2.